The molecule has 45 heavy (non-hydrogen) atoms. The largest absolute Gasteiger partial charge is 0.440 e. The standard InChI is InChI=1S/C34H37ClN4O6/c1-34(2,24-14-9-15-25(35)20-24)29(22-12-7-4-8-13-22)45-33(44)39-27(18-21-10-5-3-6-11-21)32(43)38-26(28(40)30(36)41)19-23-16-17-37-31(23)42/h3-15,20,23,26-27,29H,16-19H2,1-2H3,(H2,36,41)(H,37,42)(H,38,43)(H,39,44)/t23-,26-,27-,29?/m0/s1. The van der Waals surface area contributed by atoms with Gasteiger partial charge in [-0.2, -0.15) is 0 Å². The number of primary amides is 1. The van der Waals surface area contributed by atoms with Crippen molar-refractivity contribution in [3.63, 3.8) is 0 Å². The first-order chi connectivity index (χ1) is 21.5. The number of nitrogens with two attached hydrogens (primary N) is 1. The number of hydrogen-bond acceptors (Lipinski definition) is 6. The molecule has 0 aliphatic carbocycles. The third-order valence-electron chi connectivity index (χ3n) is 8.00. The van der Waals surface area contributed by atoms with Gasteiger partial charge in [-0.15, -0.1) is 0 Å². The summed E-state index contributed by atoms with van der Waals surface area (Å²) in [7, 11) is 0. The summed E-state index contributed by atoms with van der Waals surface area (Å²) in [6, 6.07) is 22.9. The second-order valence-electron chi connectivity index (χ2n) is 11.6. The van der Waals surface area contributed by atoms with Crippen molar-refractivity contribution in [1.29, 1.82) is 0 Å². The molecule has 1 unspecified atom stereocenters. The Kier molecular flexibility index (Phi) is 11.0. The first-order valence-corrected chi connectivity index (χ1v) is 15.1. The lowest BCUT2D eigenvalue weighted by atomic mass is 9.76. The highest BCUT2D eigenvalue weighted by atomic mass is 35.5. The monoisotopic (exact) mass is 632 g/mol. The van der Waals surface area contributed by atoms with E-state index < -0.39 is 53.2 Å². The van der Waals surface area contributed by atoms with Crippen LogP contribution in [-0.2, 0) is 35.8 Å². The smallest absolute Gasteiger partial charge is 0.408 e. The van der Waals surface area contributed by atoms with Crippen LogP contribution in [0, 0.1) is 5.92 Å². The van der Waals surface area contributed by atoms with Gasteiger partial charge in [-0.1, -0.05) is 98.2 Å². The van der Waals surface area contributed by atoms with Crippen molar-refractivity contribution in [1.82, 2.24) is 16.0 Å². The highest BCUT2D eigenvalue weighted by Crippen LogP contribution is 2.40. The quantitative estimate of drug-likeness (QED) is 0.210. The molecule has 4 amide bonds. The van der Waals surface area contributed by atoms with E-state index in [0.717, 1.165) is 16.7 Å². The Bertz CT molecular complexity index is 1530. The summed E-state index contributed by atoms with van der Waals surface area (Å²) in [6.45, 7) is 4.28. The number of halogens is 1. The molecule has 0 radical (unpaired) electrons. The zero-order chi connectivity index (χ0) is 32.6. The van der Waals surface area contributed by atoms with Crippen LogP contribution in [0.5, 0.6) is 0 Å². The first kappa shape index (κ1) is 33.2. The molecule has 236 valence electrons. The lowest BCUT2D eigenvalue weighted by molar-refractivity contribution is -0.139. The molecule has 1 fully saturated rings. The summed E-state index contributed by atoms with van der Waals surface area (Å²) < 4.78 is 6.06. The molecule has 0 spiro atoms. The predicted octanol–water partition coefficient (Wildman–Crippen LogP) is 3.76. The van der Waals surface area contributed by atoms with Gasteiger partial charge < -0.3 is 26.4 Å². The minimum Gasteiger partial charge on any atom is -0.440 e. The maximum absolute atomic E-state index is 13.7. The van der Waals surface area contributed by atoms with Crippen molar-refractivity contribution < 1.29 is 28.7 Å². The number of ketones is 1. The maximum Gasteiger partial charge on any atom is 0.408 e. The molecule has 10 nitrogen and oxygen atoms in total. The van der Waals surface area contributed by atoms with E-state index in [1.165, 1.54) is 0 Å². The van der Waals surface area contributed by atoms with Crippen LogP contribution in [0.1, 0.15) is 49.5 Å². The summed E-state index contributed by atoms with van der Waals surface area (Å²) in [5.41, 5.74) is 6.81. The van der Waals surface area contributed by atoms with Crippen LogP contribution in [0.25, 0.3) is 0 Å². The number of amides is 4. The maximum atomic E-state index is 13.7. The number of rotatable bonds is 13. The second-order valence-corrected chi connectivity index (χ2v) is 12.1. The first-order valence-electron chi connectivity index (χ1n) is 14.7. The van der Waals surface area contributed by atoms with E-state index in [-0.39, 0.29) is 18.7 Å². The van der Waals surface area contributed by atoms with E-state index in [0.29, 0.717) is 18.0 Å². The summed E-state index contributed by atoms with van der Waals surface area (Å²) in [5, 5.41) is 8.45. The molecule has 0 saturated carbocycles. The van der Waals surface area contributed by atoms with Gasteiger partial charge in [0.05, 0.1) is 6.04 Å². The number of Topliss-reactive ketones (excluding diaryl/α,β-unsaturated/α-hetero) is 1. The van der Waals surface area contributed by atoms with Crippen LogP contribution in [-0.4, -0.2) is 48.2 Å². The Balaban J connectivity index is 1.59. The topological polar surface area (TPSA) is 157 Å². The van der Waals surface area contributed by atoms with Gasteiger partial charge >= 0.3 is 6.09 Å². The molecule has 1 saturated heterocycles. The minimum atomic E-state index is -1.35. The number of alkyl carbamates (subject to hydrolysis) is 1. The second kappa shape index (κ2) is 14.9. The van der Waals surface area contributed by atoms with Crippen LogP contribution in [0.2, 0.25) is 5.02 Å². The van der Waals surface area contributed by atoms with Gasteiger partial charge in [0.2, 0.25) is 17.6 Å². The van der Waals surface area contributed by atoms with Crippen LogP contribution in [0.15, 0.2) is 84.9 Å². The van der Waals surface area contributed by atoms with Gasteiger partial charge in [0.15, 0.2) is 0 Å². The van der Waals surface area contributed by atoms with Gasteiger partial charge in [0.25, 0.3) is 5.91 Å². The highest BCUT2D eigenvalue weighted by Gasteiger charge is 2.38. The molecule has 4 atom stereocenters. The van der Waals surface area contributed by atoms with Crippen molar-refractivity contribution in [3.8, 4) is 0 Å². The van der Waals surface area contributed by atoms with E-state index in [1.807, 2.05) is 68.4 Å². The molecular weight excluding hydrogens is 596 g/mol. The van der Waals surface area contributed by atoms with E-state index >= 15 is 0 Å². The van der Waals surface area contributed by atoms with Crippen LogP contribution in [0.4, 0.5) is 4.79 Å². The summed E-state index contributed by atoms with van der Waals surface area (Å²) in [6.07, 6.45) is -1.27. The zero-order valence-electron chi connectivity index (χ0n) is 25.1. The van der Waals surface area contributed by atoms with E-state index in [9.17, 15) is 24.0 Å². The van der Waals surface area contributed by atoms with Crippen molar-refractivity contribution >= 4 is 41.2 Å². The SMILES string of the molecule is CC(C)(c1cccc(Cl)c1)C(OC(=O)N[C@@H](Cc1ccccc1)C(=O)N[C@@H](C[C@@H]1CCNC1=O)C(=O)C(N)=O)c1ccccc1. The van der Waals surface area contributed by atoms with Crippen molar-refractivity contribution in [2.45, 2.75) is 56.7 Å². The molecule has 1 aliphatic rings. The average molecular weight is 633 g/mol. The molecule has 0 aromatic heterocycles. The molecule has 4 rings (SSSR count). The third kappa shape index (κ3) is 8.69. The number of hydrogen-bond donors (Lipinski definition) is 4. The molecule has 11 heteroatoms. The number of ether oxygens (including phenoxy) is 1. The average Bonchev–Trinajstić information content (AvgIpc) is 3.43. The summed E-state index contributed by atoms with van der Waals surface area (Å²) in [5.74, 6) is -3.86. The Hall–Kier alpha value is -4.70. The van der Waals surface area contributed by atoms with Crippen LogP contribution in [0.3, 0.4) is 0 Å². The molecular formula is C34H37ClN4O6. The molecule has 5 N–H and O–H groups in total. The van der Waals surface area contributed by atoms with E-state index in [2.05, 4.69) is 16.0 Å². The van der Waals surface area contributed by atoms with Gasteiger partial charge in [-0.25, -0.2) is 4.79 Å². The predicted molar refractivity (Wildman–Crippen MR) is 169 cm³/mol. The lowest BCUT2D eigenvalue weighted by Crippen LogP contribution is -2.55. The van der Waals surface area contributed by atoms with Crippen molar-refractivity contribution in [3.05, 3.63) is 107 Å². The Morgan fingerprint density at radius 2 is 1.62 bits per heavy atom. The number of carbonyl (C=O) groups is 5. The fraction of sp³-hybridized carbons (Fsp3) is 0.324. The van der Waals surface area contributed by atoms with Crippen LogP contribution < -0.4 is 21.7 Å². The summed E-state index contributed by atoms with van der Waals surface area (Å²) in [4.78, 5) is 64.0. The van der Waals surface area contributed by atoms with E-state index in [1.54, 1.807) is 30.3 Å². The van der Waals surface area contributed by atoms with Gasteiger partial charge in [0.1, 0.15) is 12.1 Å². The zero-order valence-corrected chi connectivity index (χ0v) is 25.9. The molecule has 1 aliphatic heterocycles. The fourth-order valence-corrected chi connectivity index (χ4v) is 5.66. The normalized spacial score (nSPS) is 16.5. The number of nitrogens with one attached hydrogen (secondary N) is 3. The highest BCUT2D eigenvalue weighted by molar-refractivity contribution is 6.38. The third-order valence-corrected chi connectivity index (χ3v) is 8.24. The van der Waals surface area contributed by atoms with E-state index in [4.69, 9.17) is 22.1 Å². The molecule has 3 aromatic carbocycles. The Morgan fingerprint density at radius 3 is 2.22 bits per heavy atom. The Labute approximate surface area is 267 Å². The summed E-state index contributed by atoms with van der Waals surface area (Å²) >= 11 is 6.29. The van der Waals surface area contributed by atoms with Gasteiger partial charge in [-0.05, 0) is 41.7 Å². The Morgan fingerprint density at radius 1 is 0.956 bits per heavy atom. The fourth-order valence-electron chi connectivity index (χ4n) is 5.47. The number of benzene rings is 3. The molecule has 1 heterocycles. The van der Waals surface area contributed by atoms with Crippen molar-refractivity contribution in [2.75, 3.05) is 6.54 Å². The number of carbonyl (C=O) groups excluding carboxylic acids is 5. The van der Waals surface area contributed by atoms with Gasteiger partial charge in [-0.3, -0.25) is 19.2 Å². The lowest BCUT2D eigenvalue weighted by Gasteiger charge is -2.35. The van der Waals surface area contributed by atoms with Gasteiger partial charge in [0, 0.05) is 29.3 Å². The minimum absolute atomic E-state index is 0.0524. The van der Waals surface area contributed by atoms with Crippen LogP contribution >= 0.6 is 11.6 Å². The molecule has 0 bridgehead atoms. The molecule has 3 aromatic rings. The van der Waals surface area contributed by atoms with Crippen molar-refractivity contribution in [2.24, 2.45) is 11.7 Å².